The van der Waals surface area contributed by atoms with Crippen LogP contribution in [-0.4, -0.2) is 48.6 Å². The van der Waals surface area contributed by atoms with E-state index in [1.54, 1.807) is 24.3 Å². The Kier molecular flexibility index (Phi) is 5.31. The van der Waals surface area contributed by atoms with Gasteiger partial charge in [0, 0.05) is 0 Å². The van der Waals surface area contributed by atoms with Crippen LogP contribution in [0.1, 0.15) is 73.1 Å². The summed E-state index contributed by atoms with van der Waals surface area (Å²) in [6.07, 6.45) is 7.28. The van der Waals surface area contributed by atoms with Gasteiger partial charge in [-0.2, -0.15) is 0 Å². The Morgan fingerprint density at radius 3 is 1.70 bits per heavy atom. The van der Waals surface area contributed by atoms with E-state index < -0.39 is 11.9 Å². The second-order valence-electron chi connectivity index (χ2n) is 9.37. The number of epoxide rings is 2. The first-order chi connectivity index (χ1) is 14.5. The Morgan fingerprint density at radius 1 is 0.800 bits per heavy atom. The summed E-state index contributed by atoms with van der Waals surface area (Å²) < 4.78 is 22.6. The van der Waals surface area contributed by atoms with Crippen LogP contribution in [0.15, 0.2) is 24.3 Å². The molecule has 2 saturated heterocycles. The van der Waals surface area contributed by atoms with Crippen LogP contribution in [0.25, 0.3) is 0 Å². The van der Waals surface area contributed by atoms with Crippen molar-refractivity contribution in [3.05, 3.63) is 35.4 Å². The highest BCUT2D eigenvalue weighted by molar-refractivity contribution is 5.95. The maximum Gasteiger partial charge on any atom is 0.338 e. The predicted molar refractivity (Wildman–Crippen MR) is 108 cm³/mol. The van der Waals surface area contributed by atoms with Gasteiger partial charge in [0.05, 0.1) is 35.5 Å². The molecule has 6 heteroatoms. The molecule has 30 heavy (non-hydrogen) atoms. The quantitative estimate of drug-likeness (QED) is 0.519. The molecule has 0 radical (unpaired) electrons. The molecule has 2 heterocycles. The molecule has 8 atom stereocenters. The number of fused-ring (bicyclic) bond motifs is 2. The van der Waals surface area contributed by atoms with Crippen molar-refractivity contribution in [1.29, 1.82) is 0 Å². The van der Waals surface area contributed by atoms with Crippen LogP contribution in [0, 0.1) is 11.8 Å². The molecule has 162 valence electrons. The highest BCUT2D eigenvalue weighted by Crippen LogP contribution is 2.42. The van der Waals surface area contributed by atoms with Gasteiger partial charge in [0.1, 0.15) is 12.2 Å². The molecule has 4 fully saturated rings. The van der Waals surface area contributed by atoms with Crippen LogP contribution in [0.2, 0.25) is 0 Å². The third-order valence-electron chi connectivity index (χ3n) is 7.34. The molecule has 1 aromatic rings. The normalized spacial score (nSPS) is 35.9. The van der Waals surface area contributed by atoms with Crippen LogP contribution < -0.4 is 0 Å². The van der Waals surface area contributed by atoms with E-state index in [1.807, 2.05) is 13.8 Å². The number of esters is 2. The van der Waals surface area contributed by atoms with Crippen LogP contribution in [-0.2, 0) is 18.9 Å². The number of rotatable bonds is 6. The number of hydrogen-bond acceptors (Lipinski definition) is 6. The van der Waals surface area contributed by atoms with E-state index in [0.717, 1.165) is 38.5 Å². The van der Waals surface area contributed by atoms with Gasteiger partial charge in [0.15, 0.2) is 0 Å². The topological polar surface area (TPSA) is 77.7 Å². The molecule has 1 aromatic carbocycles. The van der Waals surface area contributed by atoms with Crippen molar-refractivity contribution < 1.29 is 28.5 Å². The van der Waals surface area contributed by atoms with E-state index in [-0.39, 0.29) is 12.2 Å². The van der Waals surface area contributed by atoms with Gasteiger partial charge in [-0.25, -0.2) is 9.59 Å². The summed E-state index contributed by atoms with van der Waals surface area (Å²) in [5.74, 6) is -0.129. The molecule has 2 aliphatic carbocycles. The molecular weight excluding hydrogens is 384 g/mol. The first-order valence-electron chi connectivity index (χ1n) is 11.3. The third-order valence-corrected chi connectivity index (χ3v) is 7.34. The Labute approximate surface area is 177 Å². The summed E-state index contributed by atoms with van der Waals surface area (Å²) in [5, 5.41) is 0. The van der Waals surface area contributed by atoms with Crippen molar-refractivity contribution in [3.8, 4) is 0 Å². The van der Waals surface area contributed by atoms with E-state index in [0.29, 0.717) is 47.4 Å². The zero-order valence-corrected chi connectivity index (χ0v) is 17.6. The molecule has 6 nitrogen and oxygen atoms in total. The second-order valence-corrected chi connectivity index (χ2v) is 9.37. The summed E-state index contributed by atoms with van der Waals surface area (Å²) in [6.45, 7) is 3.90. The molecule has 2 aliphatic heterocycles. The van der Waals surface area contributed by atoms with Gasteiger partial charge in [0.25, 0.3) is 0 Å². The minimum Gasteiger partial charge on any atom is -0.459 e. The fourth-order valence-electron chi connectivity index (χ4n) is 5.16. The molecule has 2 saturated carbocycles. The summed E-state index contributed by atoms with van der Waals surface area (Å²) in [4.78, 5) is 25.3. The van der Waals surface area contributed by atoms with Crippen molar-refractivity contribution in [2.45, 2.75) is 89.0 Å². The monoisotopic (exact) mass is 414 g/mol. The molecule has 8 unspecified atom stereocenters. The zero-order valence-electron chi connectivity index (χ0n) is 17.6. The SMILES string of the molecule is CC(OC(=O)c1cccc(C(=O)OC(C)C2CCC3OC3C2)c1)C1CCC2OC2C1. The van der Waals surface area contributed by atoms with E-state index in [4.69, 9.17) is 18.9 Å². The average Bonchev–Trinajstić information content (AvgIpc) is 3.66. The van der Waals surface area contributed by atoms with E-state index in [1.165, 1.54) is 0 Å². The highest BCUT2D eigenvalue weighted by atomic mass is 16.6. The molecule has 4 aliphatic rings. The lowest BCUT2D eigenvalue weighted by Gasteiger charge is -2.26. The first kappa shape index (κ1) is 20.0. The summed E-state index contributed by atoms with van der Waals surface area (Å²) >= 11 is 0. The molecule has 0 spiro atoms. The van der Waals surface area contributed by atoms with Gasteiger partial charge in [-0.3, -0.25) is 0 Å². The number of benzene rings is 1. The Morgan fingerprint density at radius 2 is 1.27 bits per heavy atom. The van der Waals surface area contributed by atoms with Gasteiger partial charge in [0.2, 0.25) is 0 Å². The number of hydrogen-bond donors (Lipinski definition) is 0. The number of carbonyl (C=O) groups is 2. The molecule has 0 N–H and O–H groups in total. The van der Waals surface area contributed by atoms with Gasteiger partial charge in [-0.05, 0) is 82.4 Å². The molecule has 5 rings (SSSR count). The van der Waals surface area contributed by atoms with Crippen molar-refractivity contribution in [2.75, 3.05) is 0 Å². The van der Waals surface area contributed by atoms with Crippen molar-refractivity contribution in [2.24, 2.45) is 11.8 Å². The predicted octanol–water partition coefficient (Wildman–Crippen LogP) is 3.91. The van der Waals surface area contributed by atoms with Crippen molar-refractivity contribution >= 4 is 11.9 Å². The fraction of sp³-hybridized carbons (Fsp3) is 0.667. The Hall–Kier alpha value is -1.92. The fourth-order valence-corrected chi connectivity index (χ4v) is 5.16. The summed E-state index contributed by atoms with van der Waals surface area (Å²) in [7, 11) is 0. The maximum atomic E-state index is 12.7. The van der Waals surface area contributed by atoms with Crippen LogP contribution in [0.3, 0.4) is 0 Å². The minimum atomic E-state index is -0.395. The standard InChI is InChI=1S/C24H30O6/c1-13(15-6-8-19-21(11-15)29-19)27-23(25)17-4-3-5-18(10-17)24(26)28-14(2)16-7-9-20-22(12-16)30-20/h3-5,10,13-16,19-22H,6-9,11-12H2,1-2H3. The molecular formula is C24H30O6. The van der Waals surface area contributed by atoms with Crippen molar-refractivity contribution in [1.82, 2.24) is 0 Å². The summed E-state index contributed by atoms with van der Waals surface area (Å²) in [6, 6.07) is 6.64. The Balaban J connectivity index is 1.16. The lowest BCUT2D eigenvalue weighted by atomic mass is 9.86. The lowest BCUT2D eigenvalue weighted by molar-refractivity contribution is 0.0150. The van der Waals surface area contributed by atoms with E-state index in [9.17, 15) is 9.59 Å². The van der Waals surface area contributed by atoms with Crippen molar-refractivity contribution in [3.63, 3.8) is 0 Å². The third kappa shape index (κ3) is 4.26. The minimum absolute atomic E-state index is 0.168. The molecule has 0 aromatic heterocycles. The van der Waals surface area contributed by atoms with Crippen LogP contribution in [0.5, 0.6) is 0 Å². The molecule has 0 amide bonds. The second kappa shape index (κ2) is 7.97. The first-order valence-corrected chi connectivity index (χ1v) is 11.3. The van der Waals surface area contributed by atoms with Crippen LogP contribution in [0.4, 0.5) is 0 Å². The average molecular weight is 414 g/mol. The smallest absolute Gasteiger partial charge is 0.338 e. The van der Waals surface area contributed by atoms with E-state index >= 15 is 0 Å². The zero-order chi connectivity index (χ0) is 20.8. The summed E-state index contributed by atoms with van der Waals surface area (Å²) in [5.41, 5.74) is 0.763. The van der Waals surface area contributed by atoms with Crippen LogP contribution >= 0.6 is 0 Å². The van der Waals surface area contributed by atoms with Gasteiger partial charge >= 0.3 is 11.9 Å². The van der Waals surface area contributed by atoms with Gasteiger partial charge in [-0.1, -0.05) is 6.07 Å². The Bertz CT molecular complexity index is 758. The highest BCUT2D eigenvalue weighted by Gasteiger charge is 2.46. The van der Waals surface area contributed by atoms with E-state index in [2.05, 4.69) is 0 Å². The number of carbonyl (C=O) groups excluding carboxylic acids is 2. The molecule has 0 bridgehead atoms. The number of ether oxygens (including phenoxy) is 4. The van der Waals surface area contributed by atoms with Gasteiger partial charge in [-0.15, -0.1) is 0 Å². The lowest BCUT2D eigenvalue weighted by Crippen LogP contribution is -2.29. The van der Waals surface area contributed by atoms with Gasteiger partial charge < -0.3 is 18.9 Å². The largest absolute Gasteiger partial charge is 0.459 e. The maximum absolute atomic E-state index is 12.7.